The van der Waals surface area contributed by atoms with Crippen molar-refractivity contribution in [3.05, 3.63) is 46.4 Å². The summed E-state index contributed by atoms with van der Waals surface area (Å²) in [6, 6.07) is 0.784. The molecule has 0 aliphatic carbocycles. The number of pyridine rings is 1. The maximum Gasteiger partial charge on any atom is 0.408 e. The summed E-state index contributed by atoms with van der Waals surface area (Å²) < 4.78 is 20.6. The molecule has 9 nitrogen and oxygen atoms in total. The molecule has 10 heteroatoms. The van der Waals surface area contributed by atoms with Gasteiger partial charge in [-0.05, 0) is 34.6 Å². The second-order valence-electron chi connectivity index (χ2n) is 7.17. The van der Waals surface area contributed by atoms with Crippen molar-refractivity contribution in [1.82, 2.24) is 19.9 Å². The molecule has 2 heterocycles. The maximum atomic E-state index is 14.1. The lowest BCUT2D eigenvalue weighted by Crippen LogP contribution is -2.44. The van der Waals surface area contributed by atoms with Crippen molar-refractivity contribution in [3.8, 4) is 5.82 Å². The van der Waals surface area contributed by atoms with E-state index in [4.69, 9.17) is 4.74 Å². The first-order valence-corrected chi connectivity index (χ1v) is 7.75. The van der Waals surface area contributed by atoms with Crippen LogP contribution in [0.1, 0.15) is 40.3 Å². The van der Waals surface area contributed by atoms with Gasteiger partial charge >= 0.3 is 6.09 Å². The number of aromatic nitrogens is 3. The van der Waals surface area contributed by atoms with Crippen molar-refractivity contribution in [2.45, 2.75) is 45.8 Å². The zero-order valence-corrected chi connectivity index (χ0v) is 15.1. The van der Waals surface area contributed by atoms with Crippen molar-refractivity contribution in [3.63, 3.8) is 0 Å². The average Bonchev–Trinajstić information content (AvgIpc) is 2.94. The number of imidazole rings is 1. The Balaban J connectivity index is 2.23. The van der Waals surface area contributed by atoms with Crippen molar-refractivity contribution >= 4 is 11.8 Å². The fourth-order valence-electron chi connectivity index (χ4n) is 2.09. The standard InChI is InChI=1S/C16H20FN5O4/c1-15(2,3)26-14(23)20-16(4,5)12-8-21(9-19-12)13-11(17)6-10(7-18-13)22(24)25/h6-9H,1-5H3,(H,20,23). The van der Waals surface area contributed by atoms with Gasteiger partial charge in [0.15, 0.2) is 11.6 Å². The number of nitro groups is 1. The smallest absolute Gasteiger partial charge is 0.408 e. The number of hydrogen-bond donors (Lipinski definition) is 1. The molecule has 26 heavy (non-hydrogen) atoms. The van der Waals surface area contributed by atoms with Gasteiger partial charge in [0.2, 0.25) is 0 Å². The van der Waals surface area contributed by atoms with Gasteiger partial charge in [0.1, 0.15) is 18.1 Å². The molecular weight excluding hydrogens is 345 g/mol. The first-order chi connectivity index (χ1) is 11.9. The van der Waals surface area contributed by atoms with E-state index in [-0.39, 0.29) is 5.82 Å². The van der Waals surface area contributed by atoms with Crippen LogP contribution in [0.2, 0.25) is 0 Å². The lowest BCUT2D eigenvalue weighted by Gasteiger charge is -2.27. The summed E-state index contributed by atoms with van der Waals surface area (Å²) in [5.41, 5.74) is -1.56. The summed E-state index contributed by atoms with van der Waals surface area (Å²) in [4.78, 5) is 29.8. The van der Waals surface area contributed by atoms with Gasteiger partial charge in [0.05, 0.1) is 22.2 Å². The zero-order chi connectivity index (χ0) is 19.7. The Bertz CT molecular complexity index is 841. The highest BCUT2D eigenvalue weighted by atomic mass is 19.1. The molecule has 0 aromatic carbocycles. The summed E-state index contributed by atoms with van der Waals surface area (Å²) in [6.45, 7) is 8.67. The quantitative estimate of drug-likeness (QED) is 0.658. The van der Waals surface area contributed by atoms with Gasteiger partial charge in [-0.2, -0.15) is 0 Å². The van der Waals surface area contributed by atoms with E-state index in [1.807, 2.05) is 0 Å². The van der Waals surface area contributed by atoms with E-state index in [2.05, 4.69) is 15.3 Å². The maximum absolute atomic E-state index is 14.1. The topological polar surface area (TPSA) is 112 Å². The molecule has 1 N–H and O–H groups in total. The number of alkyl carbamates (subject to hydrolysis) is 1. The number of halogens is 1. The van der Waals surface area contributed by atoms with Crippen LogP contribution in [0.4, 0.5) is 14.9 Å². The molecule has 0 aliphatic heterocycles. The van der Waals surface area contributed by atoms with Gasteiger partial charge in [-0.1, -0.05) is 0 Å². The number of rotatable bonds is 4. The Kier molecular flexibility index (Phi) is 4.97. The van der Waals surface area contributed by atoms with Crippen LogP contribution in [0.15, 0.2) is 24.8 Å². The third-order valence-corrected chi connectivity index (χ3v) is 3.30. The number of amides is 1. The number of ether oxygens (including phenoxy) is 1. The predicted octanol–water partition coefficient (Wildman–Crippen LogP) is 3.07. The number of nitrogens with one attached hydrogen (secondary N) is 1. The Hall–Kier alpha value is -3.04. The molecule has 140 valence electrons. The van der Waals surface area contributed by atoms with Crippen molar-refractivity contribution in [1.29, 1.82) is 0 Å². The lowest BCUT2D eigenvalue weighted by molar-refractivity contribution is -0.385. The summed E-state index contributed by atoms with van der Waals surface area (Å²) in [5.74, 6) is -0.997. The molecule has 0 unspecified atom stereocenters. The van der Waals surface area contributed by atoms with E-state index >= 15 is 0 Å². The molecule has 2 rings (SSSR count). The molecule has 0 aliphatic rings. The molecule has 1 amide bonds. The predicted molar refractivity (Wildman–Crippen MR) is 90.4 cm³/mol. The lowest BCUT2D eigenvalue weighted by atomic mass is 10.0. The van der Waals surface area contributed by atoms with Gasteiger partial charge in [0.25, 0.3) is 5.69 Å². The zero-order valence-electron chi connectivity index (χ0n) is 15.1. The number of carbonyl (C=O) groups excluding carboxylic acids is 1. The highest BCUT2D eigenvalue weighted by Crippen LogP contribution is 2.22. The molecule has 2 aromatic rings. The van der Waals surface area contributed by atoms with Crippen LogP contribution in [0.5, 0.6) is 0 Å². The fourth-order valence-corrected chi connectivity index (χ4v) is 2.09. The van der Waals surface area contributed by atoms with Gasteiger partial charge < -0.3 is 10.1 Å². The molecule has 0 atom stereocenters. The highest BCUT2D eigenvalue weighted by molar-refractivity contribution is 5.68. The van der Waals surface area contributed by atoms with Crippen molar-refractivity contribution in [2.24, 2.45) is 0 Å². The molecule has 0 spiro atoms. The van der Waals surface area contributed by atoms with E-state index < -0.39 is 33.7 Å². The van der Waals surface area contributed by atoms with Gasteiger partial charge in [0, 0.05) is 6.20 Å². The first-order valence-electron chi connectivity index (χ1n) is 7.75. The van der Waals surface area contributed by atoms with Crippen LogP contribution in [0, 0.1) is 15.9 Å². The van der Waals surface area contributed by atoms with Crippen molar-refractivity contribution in [2.75, 3.05) is 0 Å². The Morgan fingerprint density at radius 3 is 2.50 bits per heavy atom. The SMILES string of the molecule is CC(C)(C)OC(=O)NC(C)(C)c1cn(-c2ncc([N+](=O)[O-])cc2F)cn1. The average molecular weight is 365 g/mol. The summed E-state index contributed by atoms with van der Waals surface area (Å²) >= 11 is 0. The molecule has 0 fully saturated rings. The van der Waals surface area contributed by atoms with Crippen LogP contribution in [-0.2, 0) is 10.3 Å². The molecular formula is C16H20FN5O4. The third kappa shape index (κ3) is 4.52. The van der Waals surface area contributed by atoms with Crippen LogP contribution < -0.4 is 5.32 Å². The molecule has 0 saturated heterocycles. The second-order valence-corrected chi connectivity index (χ2v) is 7.17. The first kappa shape index (κ1) is 19.3. The van der Waals surface area contributed by atoms with E-state index in [0.717, 1.165) is 12.3 Å². The Morgan fingerprint density at radius 1 is 1.31 bits per heavy atom. The van der Waals surface area contributed by atoms with Crippen LogP contribution in [-0.4, -0.2) is 31.2 Å². The highest BCUT2D eigenvalue weighted by Gasteiger charge is 2.28. The molecule has 0 bridgehead atoms. The molecule has 0 radical (unpaired) electrons. The largest absolute Gasteiger partial charge is 0.444 e. The van der Waals surface area contributed by atoms with E-state index in [9.17, 15) is 19.3 Å². The van der Waals surface area contributed by atoms with Gasteiger partial charge in [-0.25, -0.2) is 19.2 Å². The number of nitrogens with zero attached hydrogens (tertiary/aromatic N) is 4. The van der Waals surface area contributed by atoms with Gasteiger partial charge in [-0.3, -0.25) is 14.7 Å². The molecule has 0 saturated carbocycles. The Labute approximate surface area is 149 Å². The molecule has 2 aromatic heterocycles. The van der Waals surface area contributed by atoms with Crippen LogP contribution in [0.25, 0.3) is 5.82 Å². The van der Waals surface area contributed by atoms with Gasteiger partial charge in [-0.15, -0.1) is 0 Å². The van der Waals surface area contributed by atoms with E-state index in [0.29, 0.717) is 5.69 Å². The van der Waals surface area contributed by atoms with E-state index in [1.165, 1.54) is 17.1 Å². The second kappa shape index (κ2) is 6.70. The fraction of sp³-hybridized carbons (Fsp3) is 0.438. The Morgan fingerprint density at radius 2 is 1.96 bits per heavy atom. The normalized spacial score (nSPS) is 11.9. The van der Waals surface area contributed by atoms with E-state index in [1.54, 1.807) is 34.6 Å². The summed E-state index contributed by atoms with van der Waals surface area (Å²) in [7, 11) is 0. The third-order valence-electron chi connectivity index (χ3n) is 3.30. The number of hydrogen-bond acceptors (Lipinski definition) is 6. The summed E-state index contributed by atoms with van der Waals surface area (Å²) in [6.07, 6.45) is 3.14. The monoisotopic (exact) mass is 365 g/mol. The minimum Gasteiger partial charge on any atom is -0.444 e. The van der Waals surface area contributed by atoms with Crippen LogP contribution >= 0.6 is 0 Å². The van der Waals surface area contributed by atoms with Crippen LogP contribution in [0.3, 0.4) is 0 Å². The number of carbonyl (C=O) groups is 1. The summed E-state index contributed by atoms with van der Waals surface area (Å²) in [5, 5.41) is 13.4. The van der Waals surface area contributed by atoms with Crippen molar-refractivity contribution < 1.29 is 18.8 Å². The minimum absolute atomic E-state index is 0.137. The minimum atomic E-state index is -0.898.